The number of benzene rings is 2. The van der Waals surface area contributed by atoms with Gasteiger partial charge in [0.2, 0.25) is 5.91 Å². The summed E-state index contributed by atoms with van der Waals surface area (Å²) in [5.74, 6) is -1.26. The topological polar surface area (TPSA) is 73.8 Å². The van der Waals surface area contributed by atoms with Crippen molar-refractivity contribution in [3.8, 4) is 0 Å². The number of halogens is 2. The first-order valence-corrected chi connectivity index (χ1v) is 11.7. The Hall–Kier alpha value is -2.52. The van der Waals surface area contributed by atoms with Gasteiger partial charge in [0.1, 0.15) is 12.1 Å². The monoisotopic (exact) mass is 506 g/mol. The molecule has 0 atom stereocenters. The molecule has 0 saturated carbocycles. The third-order valence-electron chi connectivity index (χ3n) is 5.60. The molecule has 0 bridgehead atoms. The highest BCUT2D eigenvalue weighted by Gasteiger charge is 2.37. The summed E-state index contributed by atoms with van der Waals surface area (Å²) in [6, 6.07) is 12.1. The number of hydrogen-bond acceptors (Lipinski definition) is 6. The molecular formula is C23H24Cl2N4O3S. The van der Waals surface area contributed by atoms with Gasteiger partial charge in [0.05, 0.1) is 20.8 Å². The van der Waals surface area contributed by atoms with Gasteiger partial charge in [0.15, 0.2) is 5.13 Å². The molecule has 1 aromatic heterocycles. The minimum atomic E-state index is -0.449. The van der Waals surface area contributed by atoms with Crippen molar-refractivity contribution in [2.24, 2.45) is 0 Å². The highest BCUT2D eigenvalue weighted by Crippen LogP contribution is 2.33. The van der Waals surface area contributed by atoms with E-state index in [0.29, 0.717) is 39.9 Å². The summed E-state index contributed by atoms with van der Waals surface area (Å²) >= 11 is 7.65. The van der Waals surface area contributed by atoms with Gasteiger partial charge in [-0.3, -0.25) is 24.2 Å². The molecule has 0 saturated heterocycles. The van der Waals surface area contributed by atoms with Crippen molar-refractivity contribution >= 4 is 68.4 Å². The number of para-hydroxylation sites is 1. The molecule has 174 valence electrons. The number of likely N-dealkylation sites (N-methyl/N-ethyl adjacent to an activating group) is 1. The van der Waals surface area contributed by atoms with Crippen molar-refractivity contribution in [2.45, 2.75) is 13.8 Å². The van der Waals surface area contributed by atoms with Gasteiger partial charge >= 0.3 is 0 Å². The van der Waals surface area contributed by atoms with E-state index in [-0.39, 0.29) is 24.9 Å². The second kappa shape index (κ2) is 10.6. The summed E-state index contributed by atoms with van der Waals surface area (Å²) in [7, 11) is 0. The molecule has 3 aromatic rings. The van der Waals surface area contributed by atoms with E-state index in [1.165, 1.54) is 11.3 Å². The Morgan fingerprint density at radius 1 is 1.00 bits per heavy atom. The van der Waals surface area contributed by atoms with Crippen LogP contribution in [0.15, 0.2) is 42.5 Å². The quantitative estimate of drug-likeness (QED) is 0.424. The SMILES string of the molecule is CCN(CC)CCN(C(=O)CN1C(=O)c2ccccc2C1=O)c1nc2c(Cl)cccc2s1.Cl. The van der Waals surface area contributed by atoms with Gasteiger partial charge in [0.25, 0.3) is 11.8 Å². The van der Waals surface area contributed by atoms with Gasteiger partial charge in [-0.15, -0.1) is 12.4 Å². The van der Waals surface area contributed by atoms with Gasteiger partial charge < -0.3 is 4.90 Å². The number of anilines is 1. The Morgan fingerprint density at radius 2 is 1.64 bits per heavy atom. The lowest BCUT2D eigenvalue weighted by atomic mass is 10.1. The Kier molecular flexibility index (Phi) is 8.07. The molecule has 0 unspecified atom stereocenters. The minimum Gasteiger partial charge on any atom is -0.302 e. The summed E-state index contributed by atoms with van der Waals surface area (Å²) in [5, 5.41) is 1.02. The molecule has 7 nitrogen and oxygen atoms in total. The molecule has 2 heterocycles. The van der Waals surface area contributed by atoms with Gasteiger partial charge in [-0.1, -0.05) is 55.0 Å². The van der Waals surface area contributed by atoms with Crippen LogP contribution < -0.4 is 4.90 Å². The number of rotatable bonds is 8. The Morgan fingerprint density at radius 3 is 2.21 bits per heavy atom. The number of hydrogen-bond donors (Lipinski definition) is 0. The van der Waals surface area contributed by atoms with Crippen molar-refractivity contribution in [3.63, 3.8) is 0 Å². The molecule has 0 N–H and O–H groups in total. The van der Waals surface area contributed by atoms with Gasteiger partial charge in [-0.25, -0.2) is 4.98 Å². The third-order valence-corrected chi connectivity index (χ3v) is 6.94. The van der Waals surface area contributed by atoms with Crippen LogP contribution in [0.2, 0.25) is 5.02 Å². The number of fused-ring (bicyclic) bond motifs is 2. The number of aromatic nitrogens is 1. The van der Waals surface area contributed by atoms with Crippen LogP contribution in [-0.2, 0) is 4.79 Å². The highest BCUT2D eigenvalue weighted by molar-refractivity contribution is 7.22. The molecule has 1 aliphatic heterocycles. The number of thiazole rings is 1. The first-order valence-electron chi connectivity index (χ1n) is 10.5. The molecule has 0 aliphatic carbocycles. The first-order chi connectivity index (χ1) is 15.4. The van der Waals surface area contributed by atoms with Crippen LogP contribution >= 0.6 is 35.3 Å². The van der Waals surface area contributed by atoms with Gasteiger partial charge in [-0.2, -0.15) is 0 Å². The van der Waals surface area contributed by atoms with Crippen LogP contribution in [-0.4, -0.2) is 65.2 Å². The van der Waals surface area contributed by atoms with E-state index in [2.05, 4.69) is 23.7 Å². The second-order valence-corrected chi connectivity index (χ2v) is 8.81. The molecule has 2 aromatic carbocycles. The van der Waals surface area contributed by atoms with Crippen LogP contribution in [0.25, 0.3) is 10.2 Å². The minimum absolute atomic E-state index is 0. The standard InChI is InChI=1S/C23H23ClN4O3S.ClH/c1-3-26(4-2)12-13-27(23-25-20-17(24)10-7-11-18(20)32-23)19(29)14-28-21(30)15-8-5-6-9-16(15)22(28)31;/h5-11H,3-4,12-14H2,1-2H3;1H. The molecule has 1 aliphatic rings. The summed E-state index contributed by atoms with van der Waals surface area (Å²) in [5.41, 5.74) is 1.29. The fourth-order valence-corrected chi connectivity index (χ4v) is 5.04. The van der Waals surface area contributed by atoms with Crippen LogP contribution in [0.1, 0.15) is 34.6 Å². The second-order valence-electron chi connectivity index (χ2n) is 7.40. The normalized spacial score (nSPS) is 12.9. The fourth-order valence-electron chi connectivity index (χ4n) is 3.73. The van der Waals surface area contributed by atoms with Crippen molar-refractivity contribution in [2.75, 3.05) is 37.6 Å². The van der Waals surface area contributed by atoms with E-state index in [1.54, 1.807) is 35.2 Å². The molecule has 33 heavy (non-hydrogen) atoms. The van der Waals surface area contributed by atoms with E-state index in [4.69, 9.17) is 11.6 Å². The smallest absolute Gasteiger partial charge is 0.262 e. The molecule has 0 fully saturated rings. The predicted molar refractivity (Wildman–Crippen MR) is 134 cm³/mol. The average Bonchev–Trinajstić information content (AvgIpc) is 3.33. The van der Waals surface area contributed by atoms with Crippen molar-refractivity contribution in [1.82, 2.24) is 14.8 Å². The molecular weight excluding hydrogens is 483 g/mol. The van der Waals surface area contributed by atoms with Crippen molar-refractivity contribution in [1.29, 1.82) is 0 Å². The Balaban J connectivity index is 0.00000306. The molecule has 0 radical (unpaired) electrons. The summed E-state index contributed by atoms with van der Waals surface area (Å²) < 4.78 is 0.869. The summed E-state index contributed by atoms with van der Waals surface area (Å²) in [4.78, 5) is 48.2. The lowest BCUT2D eigenvalue weighted by Gasteiger charge is -2.26. The van der Waals surface area contributed by atoms with E-state index < -0.39 is 11.8 Å². The molecule has 4 rings (SSSR count). The fraction of sp³-hybridized carbons (Fsp3) is 0.304. The van der Waals surface area contributed by atoms with E-state index in [0.717, 1.165) is 22.7 Å². The molecule has 3 amide bonds. The third kappa shape index (κ3) is 4.89. The number of amides is 3. The maximum Gasteiger partial charge on any atom is 0.262 e. The summed E-state index contributed by atoms with van der Waals surface area (Å²) in [6.07, 6.45) is 0. The number of carbonyl (C=O) groups is 3. The van der Waals surface area contributed by atoms with E-state index >= 15 is 0 Å². The Bertz CT molecular complexity index is 1160. The summed E-state index contributed by atoms with van der Waals surface area (Å²) in [6.45, 7) is 6.52. The van der Waals surface area contributed by atoms with Gasteiger partial charge in [-0.05, 0) is 37.4 Å². The van der Waals surface area contributed by atoms with Gasteiger partial charge in [0, 0.05) is 13.1 Å². The zero-order chi connectivity index (χ0) is 22.8. The number of imide groups is 1. The molecule has 0 spiro atoms. The largest absolute Gasteiger partial charge is 0.302 e. The predicted octanol–water partition coefficient (Wildman–Crippen LogP) is 4.34. The van der Waals surface area contributed by atoms with Crippen LogP contribution in [0.4, 0.5) is 5.13 Å². The maximum atomic E-state index is 13.4. The lowest BCUT2D eigenvalue weighted by molar-refractivity contribution is -0.119. The lowest BCUT2D eigenvalue weighted by Crippen LogP contribution is -2.45. The average molecular weight is 507 g/mol. The Labute approximate surface area is 207 Å². The van der Waals surface area contributed by atoms with Crippen molar-refractivity contribution < 1.29 is 14.4 Å². The zero-order valence-electron chi connectivity index (χ0n) is 18.3. The van der Waals surface area contributed by atoms with Crippen molar-refractivity contribution in [3.05, 3.63) is 58.6 Å². The van der Waals surface area contributed by atoms with E-state index in [9.17, 15) is 14.4 Å². The highest BCUT2D eigenvalue weighted by atomic mass is 35.5. The molecule has 10 heteroatoms. The van der Waals surface area contributed by atoms with Crippen LogP contribution in [0.3, 0.4) is 0 Å². The van der Waals surface area contributed by atoms with Crippen LogP contribution in [0, 0.1) is 0 Å². The maximum absolute atomic E-state index is 13.4. The zero-order valence-corrected chi connectivity index (χ0v) is 20.7. The van der Waals surface area contributed by atoms with Crippen LogP contribution in [0.5, 0.6) is 0 Å². The number of nitrogens with zero attached hydrogens (tertiary/aromatic N) is 4. The first kappa shape index (κ1) is 25.1. The number of carbonyl (C=O) groups excluding carboxylic acids is 3. The van der Waals surface area contributed by atoms with E-state index in [1.807, 2.05) is 12.1 Å².